The maximum atomic E-state index is 12.5. The Labute approximate surface area is 168 Å². The van der Waals surface area contributed by atoms with Crippen LogP contribution in [0, 0.1) is 13.8 Å². The third-order valence-electron chi connectivity index (χ3n) is 4.90. The molecule has 0 aliphatic heterocycles. The largest absolute Gasteiger partial charge is 0.388 e. The normalized spacial score (nSPS) is 11.0. The van der Waals surface area contributed by atoms with Crippen LogP contribution in [0.2, 0.25) is 0 Å². The number of anilines is 1. The Kier molecular flexibility index (Phi) is 4.99. The third-order valence-corrected chi connectivity index (χ3v) is 4.90. The second-order valence-electron chi connectivity index (χ2n) is 6.82. The van der Waals surface area contributed by atoms with Gasteiger partial charge in [-0.15, -0.1) is 0 Å². The molecule has 0 aliphatic rings. The molecule has 8 nitrogen and oxygen atoms in total. The first-order chi connectivity index (χ1) is 14.1. The zero-order valence-corrected chi connectivity index (χ0v) is 16.6. The van der Waals surface area contributed by atoms with Crippen molar-refractivity contribution in [2.24, 2.45) is 0 Å². The van der Waals surface area contributed by atoms with Crippen LogP contribution in [0.4, 0.5) is 5.69 Å². The molecular formula is C21H23N6O2+. The molecule has 0 aromatic carbocycles. The summed E-state index contributed by atoms with van der Waals surface area (Å²) in [6.45, 7) is 5.00. The van der Waals surface area contributed by atoms with Crippen LogP contribution in [0.5, 0.6) is 0 Å². The molecule has 0 spiro atoms. The monoisotopic (exact) mass is 391 g/mol. The molecule has 0 aliphatic carbocycles. The van der Waals surface area contributed by atoms with Gasteiger partial charge in [0.05, 0.1) is 29.7 Å². The van der Waals surface area contributed by atoms with E-state index in [0.29, 0.717) is 24.3 Å². The van der Waals surface area contributed by atoms with Gasteiger partial charge in [-0.25, -0.2) is 9.55 Å². The van der Waals surface area contributed by atoms with Crippen LogP contribution in [0.1, 0.15) is 21.8 Å². The zero-order valence-electron chi connectivity index (χ0n) is 16.6. The number of carbonyl (C=O) groups is 1. The van der Waals surface area contributed by atoms with Crippen molar-refractivity contribution in [2.45, 2.75) is 20.4 Å². The number of aromatic nitrogens is 4. The van der Waals surface area contributed by atoms with Gasteiger partial charge < -0.3 is 15.2 Å². The Morgan fingerprint density at radius 3 is 2.72 bits per heavy atom. The van der Waals surface area contributed by atoms with Crippen molar-refractivity contribution in [3.63, 3.8) is 0 Å². The van der Waals surface area contributed by atoms with Gasteiger partial charge in [0.15, 0.2) is 18.9 Å². The predicted molar refractivity (Wildman–Crippen MR) is 109 cm³/mol. The first-order valence-electron chi connectivity index (χ1n) is 9.42. The predicted octanol–water partition coefficient (Wildman–Crippen LogP) is 2.37. The van der Waals surface area contributed by atoms with Crippen molar-refractivity contribution in [3.8, 4) is 11.3 Å². The van der Waals surface area contributed by atoms with Crippen molar-refractivity contribution in [1.82, 2.24) is 19.9 Å². The number of amides is 1. The molecule has 8 heteroatoms. The number of nitrogens with one attached hydrogen (secondary N) is 2. The fourth-order valence-electron chi connectivity index (χ4n) is 3.33. The van der Waals surface area contributed by atoms with E-state index in [1.807, 2.05) is 60.6 Å². The molecule has 29 heavy (non-hydrogen) atoms. The van der Waals surface area contributed by atoms with Crippen LogP contribution < -0.4 is 15.2 Å². The lowest BCUT2D eigenvalue weighted by molar-refractivity contribution is -0.694. The summed E-state index contributed by atoms with van der Waals surface area (Å²) in [6, 6.07) is 7.56. The minimum absolute atomic E-state index is 0.123. The van der Waals surface area contributed by atoms with Gasteiger partial charge in [0.2, 0.25) is 0 Å². The Morgan fingerprint density at radius 2 is 2.03 bits per heavy atom. The van der Waals surface area contributed by atoms with Crippen molar-refractivity contribution in [3.05, 3.63) is 66.1 Å². The number of rotatable bonds is 6. The number of fused-ring (bicyclic) bond motifs is 1. The molecule has 2 N–H and O–H groups in total. The number of hydrogen-bond acceptors (Lipinski definition) is 5. The highest BCUT2D eigenvalue weighted by Crippen LogP contribution is 2.27. The van der Waals surface area contributed by atoms with Crippen LogP contribution in [-0.4, -0.2) is 34.0 Å². The molecule has 1 amide bonds. The summed E-state index contributed by atoms with van der Waals surface area (Å²) in [5, 5.41) is 10.0. The zero-order chi connectivity index (χ0) is 20.4. The van der Waals surface area contributed by atoms with E-state index >= 15 is 0 Å². The van der Waals surface area contributed by atoms with Gasteiger partial charge >= 0.3 is 0 Å². The van der Waals surface area contributed by atoms with Crippen LogP contribution in [-0.2, 0) is 6.54 Å². The Hall–Kier alpha value is -3.68. The highest BCUT2D eigenvalue weighted by atomic mass is 16.5. The van der Waals surface area contributed by atoms with Gasteiger partial charge in [-0.05, 0) is 26.0 Å². The molecule has 0 saturated heterocycles. The van der Waals surface area contributed by atoms with E-state index in [9.17, 15) is 4.79 Å². The number of pyridine rings is 2. The van der Waals surface area contributed by atoms with E-state index in [-0.39, 0.29) is 5.91 Å². The first kappa shape index (κ1) is 18.7. The van der Waals surface area contributed by atoms with Gasteiger partial charge in [-0.2, -0.15) is 0 Å². The smallest absolute Gasteiger partial charge is 0.251 e. The lowest BCUT2D eigenvalue weighted by atomic mass is 10.1. The quantitative estimate of drug-likeness (QED) is 0.493. The number of nitrogens with zero attached hydrogens (tertiary/aromatic N) is 4. The molecule has 0 unspecified atom stereocenters. The molecule has 0 saturated carbocycles. The summed E-state index contributed by atoms with van der Waals surface area (Å²) in [5.41, 5.74) is 4.95. The molecule has 0 atom stereocenters. The first-order valence-corrected chi connectivity index (χ1v) is 9.42. The van der Waals surface area contributed by atoms with E-state index in [1.54, 1.807) is 18.3 Å². The van der Waals surface area contributed by atoms with E-state index < -0.39 is 0 Å². The number of aryl methyl sites for hydroxylation is 2. The fourth-order valence-corrected chi connectivity index (χ4v) is 3.33. The van der Waals surface area contributed by atoms with Crippen LogP contribution in [0.3, 0.4) is 0 Å². The van der Waals surface area contributed by atoms with E-state index in [4.69, 9.17) is 4.52 Å². The van der Waals surface area contributed by atoms with Crippen molar-refractivity contribution < 1.29 is 13.9 Å². The molecule has 0 radical (unpaired) electrons. The van der Waals surface area contributed by atoms with Gasteiger partial charge in [0, 0.05) is 36.6 Å². The lowest BCUT2D eigenvalue weighted by Crippen LogP contribution is -2.40. The van der Waals surface area contributed by atoms with E-state index in [2.05, 4.69) is 20.8 Å². The standard InChI is InChI=1S/C21H22N6O2/c1-14-20(15(2)29-25-14)18-13-24-19-12-16(4-10-27(18)19)21(28)23-7-11-26-8-5-17(22-3)6-9-26/h4-6,8-10,12-13H,7,11H2,1-3H3,(H,23,28)/p+1. The van der Waals surface area contributed by atoms with E-state index in [0.717, 1.165) is 28.4 Å². The summed E-state index contributed by atoms with van der Waals surface area (Å²) in [4.78, 5) is 17.0. The van der Waals surface area contributed by atoms with Crippen molar-refractivity contribution in [1.29, 1.82) is 0 Å². The number of imidazole rings is 1. The highest BCUT2D eigenvalue weighted by Gasteiger charge is 2.16. The highest BCUT2D eigenvalue weighted by molar-refractivity contribution is 5.95. The average Bonchev–Trinajstić information content (AvgIpc) is 3.30. The molecule has 4 heterocycles. The molecule has 4 aromatic rings. The summed E-state index contributed by atoms with van der Waals surface area (Å²) in [6.07, 6.45) is 7.58. The second kappa shape index (κ2) is 7.75. The minimum atomic E-state index is -0.123. The molecule has 148 valence electrons. The Balaban J connectivity index is 1.46. The Bertz CT molecular complexity index is 1140. The molecule has 0 fully saturated rings. The molecule has 0 bridgehead atoms. The topological polar surface area (TPSA) is 88.3 Å². The molecular weight excluding hydrogens is 368 g/mol. The van der Waals surface area contributed by atoms with Crippen LogP contribution in [0.15, 0.2) is 53.6 Å². The number of hydrogen-bond donors (Lipinski definition) is 2. The van der Waals surface area contributed by atoms with Crippen LogP contribution >= 0.6 is 0 Å². The fraction of sp³-hybridized carbons (Fsp3) is 0.238. The number of carbonyl (C=O) groups excluding carboxylic acids is 1. The van der Waals surface area contributed by atoms with Gasteiger partial charge in [-0.1, -0.05) is 5.16 Å². The summed E-state index contributed by atoms with van der Waals surface area (Å²) in [5.74, 6) is 0.619. The summed E-state index contributed by atoms with van der Waals surface area (Å²) in [7, 11) is 1.88. The summed E-state index contributed by atoms with van der Waals surface area (Å²) >= 11 is 0. The van der Waals surface area contributed by atoms with Crippen LogP contribution in [0.25, 0.3) is 16.9 Å². The maximum Gasteiger partial charge on any atom is 0.251 e. The molecule has 4 rings (SSSR count). The Morgan fingerprint density at radius 1 is 1.24 bits per heavy atom. The van der Waals surface area contributed by atoms with Gasteiger partial charge in [0.25, 0.3) is 5.91 Å². The minimum Gasteiger partial charge on any atom is -0.388 e. The SMILES string of the molecule is CNc1cc[n+](CCNC(=O)c2ccn3c(-c4c(C)noc4C)cnc3c2)cc1. The molecule has 4 aromatic heterocycles. The third kappa shape index (κ3) is 3.69. The second-order valence-corrected chi connectivity index (χ2v) is 6.82. The summed E-state index contributed by atoms with van der Waals surface area (Å²) < 4.78 is 9.22. The lowest BCUT2D eigenvalue weighted by Gasteiger charge is -2.06. The van der Waals surface area contributed by atoms with Crippen molar-refractivity contribution in [2.75, 3.05) is 18.9 Å². The maximum absolute atomic E-state index is 12.5. The van der Waals surface area contributed by atoms with Gasteiger partial charge in [-0.3, -0.25) is 9.20 Å². The average molecular weight is 391 g/mol. The van der Waals surface area contributed by atoms with Crippen molar-refractivity contribution >= 4 is 17.2 Å². The van der Waals surface area contributed by atoms with E-state index in [1.165, 1.54) is 0 Å². The van der Waals surface area contributed by atoms with Gasteiger partial charge in [0.1, 0.15) is 11.4 Å².